The molecule has 1 aliphatic heterocycles. The Morgan fingerprint density at radius 1 is 1.30 bits per heavy atom. The topological polar surface area (TPSA) is 102 Å². The minimum atomic E-state index is -3.58. The van der Waals surface area contributed by atoms with Crippen LogP contribution < -0.4 is 10.5 Å². The monoisotopic (exact) mass is 417 g/mol. The van der Waals surface area contributed by atoms with Gasteiger partial charge in [-0.15, -0.1) is 19.0 Å². The van der Waals surface area contributed by atoms with Crippen molar-refractivity contribution in [2.75, 3.05) is 32.8 Å². The highest BCUT2D eigenvalue weighted by molar-refractivity contribution is 7.89. The third kappa shape index (κ3) is 6.90. The van der Waals surface area contributed by atoms with Gasteiger partial charge >= 0.3 is 0 Å². The minimum Gasteiger partial charge on any atom is -0.378 e. The Morgan fingerprint density at radius 3 is 2.48 bits per heavy atom. The number of amides is 1. The highest BCUT2D eigenvalue weighted by Crippen LogP contribution is 2.18. The quantitative estimate of drug-likeness (QED) is 0.468. The Kier molecular flexibility index (Phi) is 9.97. The van der Waals surface area contributed by atoms with E-state index in [1.54, 1.807) is 17.0 Å². The third-order valence-corrected chi connectivity index (χ3v) is 5.70. The number of hydrogen-bond donors (Lipinski definition) is 2. The first kappa shape index (κ1) is 23.6. The first-order chi connectivity index (χ1) is 12.5. The van der Waals surface area contributed by atoms with E-state index in [-0.39, 0.29) is 35.9 Å². The number of hydrogen-bond acceptors (Lipinski definition) is 5. The van der Waals surface area contributed by atoms with Crippen molar-refractivity contribution in [3.63, 3.8) is 0 Å². The van der Waals surface area contributed by atoms with E-state index in [4.69, 9.17) is 10.5 Å². The van der Waals surface area contributed by atoms with E-state index < -0.39 is 10.0 Å². The Balaban J connectivity index is 0.00000364. The molecule has 152 valence electrons. The van der Waals surface area contributed by atoms with Crippen LogP contribution in [0.4, 0.5) is 0 Å². The van der Waals surface area contributed by atoms with E-state index in [0.717, 1.165) is 19.3 Å². The average molecular weight is 418 g/mol. The Hall–Kier alpha value is -1.45. The molecule has 0 saturated carbocycles. The van der Waals surface area contributed by atoms with Crippen LogP contribution in [0.15, 0.2) is 41.8 Å². The van der Waals surface area contributed by atoms with Gasteiger partial charge in [-0.1, -0.05) is 6.08 Å². The number of carbonyl (C=O) groups excluding carboxylic acids is 1. The van der Waals surface area contributed by atoms with Crippen molar-refractivity contribution in [1.29, 1.82) is 0 Å². The molecule has 27 heavy (non-hydrogen) atoms. The fourth-order valence-corrected chi connectivity index (χ4v) is 3.77. The van der Waals surface area contributed by atoms with Crippen LogP contribution in [0, 0.1) is 0 Å². The largest absolute Gasteiger partial charge is 0.378 e. The number of benzene rings is 1. The van der Waals surface area contributed by atoms with Gasteiger partial charge in [0.05, 0.1) is 11.0 Å². The molecule has 0 radical (unpaired) electrons. The second-order valence-corrected chi connectivity index (χ2v) is 7.94. The summed E-state index contributed by atoms with van der Waals surface area (Å²) in [5.41, 5.74) is 5.93. The standard InChI is InChI=1S/C18H27N3O4S.ClH/c1-2-11-20-26(23,24)17-6-4-15(5-7-17)18(22)21-12-8-16(9-13-21)25-14-3-10-19;/h2,4-7,16,20H,1,3,8-14,19H2;1H. The van der Waals surface area contributed by atoms with E-state index in [1.165, 1.54) is 18.2 Å². The van der Waals surface area contributed by atoms with Crippen molar-refractivity contribution in [1.82, 2.24) is 9.62 Å². The molecule has 0 bridgehead atoms. The first-order valence-corrected chi connectivity index (χ1v) is 10.3. The molecule has 1 amide bonds. The molecule has 2 rings (SSSR count). The summed E-state index contributed by atoms with van der Waals surface area (Å²) in [5, 5.41) is 0. The number of carbonyl (C=O) groups is 1. The van der Waals surface area contributed by atoms with Gasteiger partial charge in [0.2, 0.25) is 10.0 Å². The zero-order valence-electron chi connectivity index (χ0n) is 15.3. The van der Waals surface area contributed by atoms with Crippen LogP contribution >= 0.6 is 12.4 Å². The van der Waals surface area contributed by atoms with Crippen LogP contribution in [0.1, 0.15) is 29.6 Å². The van der Waals surface area contributed by atoms with Crippen LogP contribution in [0.5, 0.6) is 0 Å². The van der Waals surface area contributed by atoms with Crippen molar-refractivity contribution < 1.29 is 17.9 Å². The van der Waals surface area contributed by atoms with Gasteiger partial charge in [0.25, 0.3) is 5.91 Å². The van der Waals surface area contributed by atoms with Gasteiger partial charge in [0.1, 0.15) is 0 Å². The lowest BCUT2D eigenvalue weighted by atomic mass is 10.1. The van der Waals surface area contributed by atoms with E-state index in [0.29, 0.717) is 31.8 Å². The van der Waals surface area contributed by atoms with E-state index >= 15 is 0 Å². The van der Waals surface area contributed by atoms with E-state index in [2.05, 4.69) is 11.3 Å². The molecule has 1 fully saturated rings. The van der Waals surface area contributed by atoms with Crippen molar-refractivity contribution in [3.05, 3.63) is 42.5 Å². The predicted molar refractivity (Wildman–Crippen MR) is 108 cm³/mol. The zero-order chi connectivity index (χ0) is 19.0. The van der Waals surface area contributed by atoms with Gasteiger partial charge in [-0.25, -0.2) is 13.1 Å². The van der Waals surface area contributed by atoms with Crippen molar-refractivity contribution >= 4 is 28.3 Å². The molecule has 1 aromatic rings. The number of likely N-dealkylation sites (tertiary alicyclic amines) is 1. The number of sulfonamides is 1. The van der Waals surface area contributed by atoms with Crippen LogP contribution in [-0.2, 0) is 14.8 Å². The highest BCUT2D eigenvalue weighted by atomic mass is 35.5. The molecule has 0 aromatic heterocycles. The van der Waals surface area contributed by atoms with Crippen LogP contribution in [0.25, 0.3) is 0 Å². The molecular formula is C18H28ClN3O4S. The maximum atomic E-state index is 12.6. The molecule has 0 atom stereocenters. The number of ether oxygens (including phenoxy) is 1. The van der Waals surface area contributed by atoms with Crippen LogP contribution in [0.3, 0.4) is 0 Å². The van der Waals surface area contributed by atoms with E-state index in [9.17, 15) is 13.2 Å². The molecule has 7 nitrogen and oxygen atoms in total. The minimum absolute atomic E-state index is 0. The number of nitrogens with one attached hydrogen (secondary N) is 1. The number of rotatable bonds is 9. The molecule has 1 aromatic carbocycles. The van der Waals surface area contributed by atoms with Gasteiger partial charge in [0, 0.05) is 31.8 Å². The number of piperidine rings is 1. The molecule has 0 aliphatic carbocycles. The number of nitrogens with two attached hydrogens (primary N) is 1. The Morgan fingerprint density at radius 2 is 1.93 bits per heavy atom. The van der Waals surface area contributed by atoms with Crippen molar-refractivity contribution in [2.45, 2.75) is 30.3 Å². The summed E-state index contributed by atoms with van der Waals surface area (Å²) < 4.78 is 32.2. The van der Waals surface area contributed by atoms with Crippen LogP contribution in [-0.4, -0.2) is 58.1 Å². The number of halogens is 1. The molecule has 1 heterocycles. The molecule has 9 heteroatoms. The van der Waals surface area contributed by atoms with Gasteiger partial charge < -0.3 is 15.4 Å². The first-order valence-electron chi connectivity index (χ1n) is 8.79. The molecule has 1 saturated heterocycles. The molecule has 3 N–H and O–H groups in total. The maximum absolute atomic E-state index is 12.6. The molecular weight excluding hydrogens is 390 g/mol. The zero-order valence-corrected chi connectivity index (χ0v) is 16.9. The lowest BCUT2D eigenvalue weighted by Gasteiger charge is -2.32. The molecule has 0 spiro atoms. The maximum Gasteiger partial charge on any atom is 0.253 e. The summed E-state index contributed by atoms with van der Waals surface area (Å²) in [4.78, 5) is 14.5. The lowest BCUT2D eigenvalue weighted by molar-refractivity contribution is 0.00844. The molecule has 0 unspecified atom stereocenters. The van der Waals surface area contributed by atoms with Gasteiger partial charge in [-0.2, -0.15) is 0 Å². The summed E-state index contributed by atoms with van der Waals surface area (Å²) in [7, 11) is -3.58. The van der Waals surface area contributed by atoms with Crippen molar-refractivity contribution in [2.24, 2.45) is 5.73 Å². The SMILES string of the molecule is C=CCNS(=O)(=O)c1ccc(C(=O)N2CCC(OCCCN)CC2)cc1.Cl. The number of nitrogens with zero attached hydrogens (tertiary/aromatic N) is 1. The lowest BCUT2D eigenvalue weighted by Crippen LogP contribution is -2.41. The van der Waals surface area contributed by atoms with Gasteiger partial charge in [0.15, 0.2) is 0 Å². The third-order valence-electron chi connectivity index (χ3n) is 4.26. The fraction of sp³-hybridized carbons (Fsp3) is 0.500. The van der Waals surface area contributed by atoms with E-state index in [1.807, 2.05) is 0 Å². The summed E-state index contributed by atoms with van der Waals surface area (Å²) >= 11 is 0. The highest BCUT2D eigenvalue weighted by Gasteiger charge is 2.24. The summed E-state index contributed by atoms with van der Waals surface area (Å²) in [6, 6.07) is 5.99. The Bertz CT molecular complexity index is 702. The van der Waals surface area contributed by atoms with Crippen LogP contribution in [0.2, 0.25) is 0 Å². The summed E-state index contributed by atoms with van der Waals surface area (Å²) in [6.45, 7) is 6.18. The average Bonchev–Trinajstić information content (AvgIpc) is 2.67. The molecule has 1 aliphatic rings. The normalized spacial score (nSPS) is 15.2. The van der Waals surface area contributed by atoms with Crippen molar-refractivity contribution in [3.8, 4) is 0 Å². The van der Waals surface area contributed by atoms with Gasteiger partial charge in [-0.05, 0) is 50.1 Å². The summed E-state index contributed by atoms with van der Waals surface area (Å²) in [6.07, 6.45) is 4.09. The predicted octanol–water partition coefficient (Wildman–Crippen LogP) is 1.54. The summed E-state index contributed by atoms with van der Waals surface area (Å²) in [5.74, 6) is -0.0894. The Labute approximate surface area is 167 Å². The van der Waals surface area contributed by atoms with Gasteiger partial charge in [-0.3, -0.25) is 4.79 Å². The fourth-order valence-electron chi connectivity index (χ4n) is 2.77. The second kappa shape index (κ2) is 11.4. The second-order valence-electron chi connectivity index (χ2n) is 6.17. The smallest absolute Gasteiger partial charge is 0.253 e.